The van der Waals surface area contributed by atoms with Crippen LogP contribution in [0.2, 0.25) is 0 Å². The summed E-state index contributed by atoms with van der Waals surface area (Å²) in [5.41, 5.74) is 2.98. The van der Waals surface area contributed by atoms with Gasteiger partial charge in [-0.3, -0.25) is 9.89 Å². The van der Waals surface area contributed by atoms with Crippen LogP contribution in [0.25, 0.3) is 11.1 Å². The average molecular weight is 281 g/mol. The van der Waals surface area contributed by atoms with Crippen molar-refractivity contribution in [3.8, 4) is 11.1 Å². The minimum atomic E-state index is 0.212. The lowest BCUT2D eigenvalue weighted by atomic mass is 9.96. The van der Waals surface area contributed by atoms with Crippen LogP contribution in [0.5, 0.6) is 0 Å². The van der Waals surface area contributed by atoms with Gasteiger partial charge in [0.05, 0.1) is 6.20 Å². The van der Waals surface area contributed by atoms with Gasteiger partial charge in [-0.05, 0) is 55.2 Å². The second-order valence-corrected chi connectivity index (χ2v) is 6.26. The van der Waals surface area contributed by atoms with Crippen LogP contribution < -0.4 is 5.32 Å². The van der Waals surface area contributed by atoms with Crippen molar-refractivity contribution in [2.75, 3.05) is 5.32 Å². The van der Waals surface area contributed by atoms with Gasteiger partial charge in [0.1, 0.15) is 0 Å². The zero-order valence-electron chi connectivity index (χ0n) is 11.9. The molecule has 4 rings (SSSR count). The maximum atomic E-state index is 12.5. The topological polar surface area (TPSA) is 57.8 Å². The molecule has 0 radical (unpaired) electrons. The highest BCUT2D eigenvalue weighted by Gasteiger charge is 2.45. The molecule has 0 unspecified atom stereocenters. The summed E-state index contributed by atoms with van der Waals surface area (Å²) in [4.78, 5) is 12.5. The highest BCUT2D eigenvalue weighted by atomic mass is 16.1. The molecule has 21 heavy (non-hydrogen) atoms. The van der Waals surface area contributed by atoms with Crippen molar-refractivity contribution in [2.24, 2.45) is 17.8 Å². The Morgan fingerprint density at radius 1 is 1.19 bits per heavy atom. The number of hydrogen-bond acceptors (Lipinski definition) is 2. The van der Waals surface area contributed by atoms with Crippen molar-refractivity contribution in [1.29, 1.82) is 0 Å². The number of H-pyrrole nitrogens is 1. The van der Waals surface area contributed by atoms with E-state index in [4.69, 9.17) is 0 Å². The van der Waals surface area contributed by atoms with Crippen LogP contribution in [0.3, 0.4) is 0 Å². The van der Waals surface area contributed by atoms with Gasteiger partial charge in [-0.25, -0.2) is 0 Å². The molecule has 0 aliphatic heterocycles. The molecule has 4 nitrogen and oxygen atoms in total. The maximum absolute atomic E-state index is 12.5. The number of carbonyl (C=O) groups is 1. The van der Waals surface area contributed by atoms with Crippen molar-refractivity contribution in [3.63, 3.8) is 0 Å². The van der Waals surface area contributed by atoms with Crippen molar-refractivity contribution < 1.29 is 4.79 Å². The van der Waals surface area contributed by atoms with E-state index >= 15 is 0 Å². The zero-order chi connectivity index (χ0) is 14.2. The number of anilines is 1. The Balaban J connectivity index is 1.51. The van der Waals surface area contributed by atoms with Crippen molar-refractivity contribution in [2.45, 2.75) is 25.7 Å². The van der Waals surface area contributed by atoms with Gasteiger partial charge in [0.2, 0.25) is 5.91 Å². The van der Waals surface area contributed by atoms with E-state index in [0.29, 0.717) is 11.8 Å². The summed E-state index contributed by atoms with van der Waals surface area (Å²) in [6.45, 7) is 0. The fraction of sp³-hybridized carbons (Fsp3) is 0.412. The summed E-state index contributed by atoms with van der Waals surface area (Å²) in [6, 6.07) is 7.97. The number of nitrogens with zero attached hydrogens (tertiary/aromatic N) is 1. The molecule has 2 N–H and O–H groups in total. The van der Waals surface area contributed by atoms with Crippen LogP contribution in [-0.2, 0) is 4.79 Å². The molecule has 4 heteroatoms. The van der Waals surface area contributed by atoms with E-state index < -0.39 is 0 Å². The van der Waals surface area contributed by atoms with Gasteiger partial charge in [-0.15, -0.1) is 0 Å². The summed E-state index contributed by atoms with van der Waals surface area (Å²) >= 11 is 0. The fourth-order valence-electron chi connectivity index (χ4n) is 3.13. The number of aromatic amines is 1. The van der Waals surface area contributed by atoms with Crippen molar-refractivity contribution in [1.82, 2.24) is 10.2 Å². The van der Waals surface area contributed by atoms with E-state index in [9.17, 15) is 4.79 Å². The number of hydrogen-bond donors (Lipinski definition) is 2. The molecule has 2 aromatic rings. The Labute approximate surface area is 124 Å². The predicted molar refractivity (Wildman–Crippen MR) is 81.6 cm³/mol. The molecule has 0 spiro atoms. The smallest absolute Gasteiger partial charge is 0.228 e. The second-order valence-electron chi connectivity index (χ2n) is 6.26. The quantitative estimate of drug-likeness (QED) is 0.882. The number of carbonyl (C=O) groups excluding carboxylic acids is 1. The van der Waals surface area contributed by atoms with Gasteiger partial charge in [-0.2, -0.15) is 5.10 Å². The Morgan fingerprint density at radius 2 is 1.95 bits per heavy atom. The van der Waals surface area contributed by atoms with Crippen molar-refractivity contribution >= 4 is 11.6 Å². The molecule has 2 aliphatic carbocycles. The van der Waals surface area contributed by atoms with E-state index in [1.165, 1.54) is 25.7 Å². The molecule has 0 bridgehead atoms. The Morgan fingerprint density at radius 3 is 2.57 bits per heavy atom. The van der Waals surface area contributed by atoms with Gasteiger partial charge in [0.25, 0.3) is 0 Å². The van der Waals surface area contributed by atoms with Crippen LogP contribution in [0.4, 0.5) is 5.69 Å². The number of amides is 1. The van der Waals surface area contributed by atoms with Crippen LogP contribution in [0.15, 0.2) is 36.7 Å². The summed E-state index contributed by atoms with van der Waals surface area (Å²) in [5, 5.41) is 9.90. The molecule has 0 saturated heterocycles. The number of benzene rings is 1. The monoisotopic (exact) mass is 281 g/mol. The molecule has 2 fully saturated rings. The van der Waals surface area contributed by atoms with Crippen molar-refractivity contribution in [3.05, 3.63) is 36.7 Å². The largest absolute Gasteiger partial charge is 0.326 e. The predicted octanol–water partition coefficient (Wildman–Crippen LogP) is 3.45. The minimum absolute atomic E-state index is 0.212. The van der Waals surface area contributed by atoms with E-state index in [2.05, 4.69) is 15.5 Å². The maximum Gasteiger partial charge on any atom is 0.228 e. The lowest BCUT2D eigenvalue weighted by molar-refractivity contribution is -0.121. The first-order chi connectivity index (χ1) is 10.3. The minimum Gasteiger partial charge on any atom is -0.326 e. The molecule has 2 aliphatic rings. The van der Waals surface area contributed by atoms with E-state index in [-0.39, 0.29) is 11.8 Å². The van der Waals surface area contributed by atoms with Crippen LogP contribution in [0.1, 0.15) is 25.7 Å². The fourth-order valence-corrected chi connectivity index (χ4v) is 3.13. The molecule has 1 heterocycles. The van der Waals surface area contributed by atoms with Crippen LogP contribution in [0, 0.1) is 17.8 Å². The molecule has 1 amide bonds. The van der Waals surface area contributed by atoms with Gasteiger partial charge in [-0.1, -0.05) is 12.1 Å². The first kappa shape index (κ1) is 12.6. The standard InChI is InChI=1S/C17H19N3O/c21-17(16(11-4-5-11)12-6-7-12)20-15-3-1-2-13(8-15)14-9-18-19-10-14/h1-3,8-12,16H,4-7H2,(H,18,19)(H,20,21). The van der Waals surface area contributed by atoms with Gasteiger partial charge in [0, 0.05) is 23.4 Å². The van der Waals surface area contributed by atoms with Crippen LogP contribution in [-0.4, -0.2) is 16.1 Å². The Hall–Kier alpha value is -2.10. The first-order valence-electron chi connectivity index (χ1n) is 7.71. The molecule has 0 atom stereocenters. The first-order valence-corrected chi connectivity index (χ1v) is 7.71. The highest BCUT2D eigenvalue weighted by Crippen LogP contribution is 2.49. The third kappa shape index (κ3) is 2.71. The third-order valence-electron chi connectivity index (χ3n) is 4.52. The van der Waals surface area contributed by atoms with Gasteiger partial charge in [0.15, 0.2) is 0 Å². The normalized spacial score (nSPS) is 18.0. The summed E-state index contributed by atoms with van der Waals surface area (Å²) in [7, 11) is 0. The highest BCUT2D eigenvalue weighted by molar-refractivity contribution is 5.94. The third-order valence-corrected chi connectivity index (χ3v) is 4.52. The number of aromatic nitrogens is 2. The molecule has 108 valence electrons. The van der Waals surface area contributed by atoms with E-state index in [0.717, 1.165) is 16.8 Å². The van der Waals surface area contributed by atoms with Gasteiger partial charge >= 0.3 is 0 Å². The molecule has 2 saturated carbocycles. The summed E-state index contributed by atoms with van der Waals surface area (Å²) in [6.07, 6.45) is 8.55. The summed E-state index contributed by atoms with van der Waals surface area (Å²) in [5.74, 6) is 1.72. The molecular weight excluding hydrogens is 262 g/mol. The van der Waals surface area contributed by atoms with E-state index in [1.807, 2.05) is 30.5 Å². The van der Waals surface area contributed by atoms with E-state index in [1.54, 1.807) is 6.20 Å². The summed E-state index contributed by atoms with van der Waals surface area (Å²) < 4.78 is 0. The van der Waals surface area contributed by atoms with Crippen LogP contribution >= 0.6 is 0 Å². The molecule has 1 aromatic heterocycles. The Kier molecular flexibility index (Phi) is 3.02. The lowest BCUT2D eigenvalue weighted by Crippen LogP contribution is -2.26. The second kappa shape index (κ2) is 5.02. The number of nitrogens with one attached hydrogen (secondary N) is 2. The molecular formula is C17H19N3O. The van der Waals surface area contributed by atoms with Gasteiger partial charge < -0.3 is 5.32 Å². The SMILES string of the molecule is O=C(Nc1cccc(-c2cn[nH]c2)c1)C(C1CC1)C1CC1. The lowest BCUT2D eigenvalue weighted by Gasteiger charge is -2.15. The average Bonchev–Trinajstić information content (AvgIpc) is 3.42. The zero-order valence-corrected chi connectivity index (χ0v) is 11.9. The molecule has 1 aromatic carbocycles. The Bertz CT molecular complexity index is 630. The number of rotatable bonds is 5.